The SMILES string of the molecule is Clc1ccc(-c2cc(Br)c(Br)c(Br)c2)c(Cl)c1. The Balaban J connectivity index is 2.61. The third-order valence-electron chi connectivity index (χ3n) is 2.23. The molecule has 0 aliphatic heterocycles. The van der Waals surface area contributed by atoms with E-state index in [4.69, 9.17) is 23.2 Å². The molecule has 88 valence electrons. The van der Waals surface area contributed by atoms with Gasteiger partial charge >= 0.3 is 0 Å². The van der Waals surface area contributed by atoms with Crippen molar-refractivity contribution in [3.8, 4) is 11.1 Å². The minimum absolute atomic E-state index is 0.633. The average molecular weight is 460 g/mol. The first-order chi connectivity index (χ1) is 7.99. The average Bonchev–Trinajstić information content (AvgIpc) is 2.25. The van der Waals surface area contributed by atoms with Gasteiger partial charge in [-0.25, -0.2) is 0 Å². The van der Waals surface area contributed by atoms with Gasteiger partial charge in [0.2, 0.25) is 0 Å². The van der Waals surface area contributed by atoms with E-state index >= 15 is 0 Å². The predicted octanol–water partition coefficient (Wildman–Crippen LogP) is 6.95. The molecule has 0 radical (unpaired) electrons. The molecule has 0 saturated heterocycles. The largest absolute Gasteiger partial charge is 0.0843 e. The van der Waals surface area contributed by atoms with Crippen LogP contribution < -0.4 is 0 Å². The number of benzene rings is 2. The molecule has 0 unspecified atom stereocenters. The minimum atomic E-state index is 0.633. The number of halogens is 5. The van der Waals surface area contributed by atoms with Gasteiger partial charge in [0.05, 0.1) is 0 Å². The fraction of sp³-hybridized carbons (Fsp3) is 0. The lowest BCUT2D eigenvalue weighted by molar-refractivity contribution is 1.52. The van der Waals surface area contributed by atoms with Gasteiger partial charge in [-0.3, -0.25) is 0 Å². The van der Waals surface area contributed by atoms with Crippen LogP contribution in [0, 0.1) is 0 Å². The van der Waals surface area contributed by atoms with E-state index in [0.29, 0.717) is 10.0 Å². The lowest BCUT2D eigenvalue weighted by Gasteiger charge is -2.08. The molecule has 2 aromatic carbocycles. The van der Waals surface area contributed by atoms with Crippen molar-refractivity contribution < 1.29 is 0 Å². The van der Waals surface area contributed by atoms with Gasteiger partial charge in [-0.15, -0.1) is 0 Å². The molecule has 0 bridgehead atoms. The number of hydrogen-bond acceptors (Lipinski definition) is 0. The van der Waals surface area contributed by atoms with E-state index in [1.54, 1.807) is 6.07 Å². The minimum Gasteiger partial charge on any atom is -0.0843 e. The van der Waals surface area contributed by atoms with Crippen LogP contribution in [0.5, 0.6) is 0 Å². The van der Waals surface area contributed by atoms with Gasteiger partial charge < -0.3 is 0 Å². The molecule has 0 saturated carbocycles. The van der Waals surface area contributed by atoms with Gasteiger partial charge in [0.15, 0.2) is 0 Å². The highest BCUT2D eigenvalue weighted by atomic mass is 79.9. The van der Waals surface area contributed by atoms with Crippen LogP contribution in [0.2, 0.25) is 10.0 Å². The molecule has 0 atom stereocenters. The molecule has 0 aliphatic rings. The van der Waals surface area contributed by atoms with Crippen molar-refractivity contribution in [2.75, 3.05) is 0 Å². The van der Waals surface area contributed by atoms with Crippen molar-refractivity contribution in [2.45, 2.75) is 0 Å². The van der Waals surface area contributed by atoms with Crippen LogP contribution in [0.1, 0.15) is 0 Å². The van der Waals surface area contributed by atoms with E-state index in [0.717, 1.165) is 24.5 Å². The Morgan fingerprint density at radius 2 is 1.41 bits per heavy atom. The van der Waals surface area contributed by atoms with Crippen molar-refractivity contribution in [1.82, 2.24) is 0 Å². The summed E-state index contributed by atoms with van der Waals surface area (Å²) in [4.78, 5) is 0. The Morgan fingerprint density at radius 3 is 1.94 bits per heavy atom. The summed E-state index contributed by atoms with van der Waals surface area (Å²) in [6, 6.07) is 9.48. The molecule has 0 heterocycles. The molecule has 0 spiro atoms. The lowest BCUT2D eigenvalue weighted by Crippen LogP contribution is -1.82. The number of hydrogen-bond donors (Lipinski definition) is 0. The van der Waals surface area contributed by atoms with Crippen molar-refractivity contribution >= 4 is 71.0 Å². The van der Waals surface area contributed by atoms with Crippen LogP contribution in [0.3, 0.4) is 0 Å². The standard InChI is InChI=1S/C12H5Br3Cl2/c13-9-3-6(4-10(14)12(9)15)8-2-1-7(16)5-11(8)17/h1-5H. The zero-order chi connectivity index (χ0) is 12.6. The second kappa shape index (κ2) is 5.62. The van der Waals surface area contributed by atoms with E-state index in [-0.39, 0.29) is 0 Å². The Hall–Kier alpha value is 0.460. The second-order valence-electron chi connectivity index (χ2n) is 3.38. The fourth-order valence-electron chi connectivity index (χ4n) is 1.43. The molecule has 0 nitrogen and oxygen atoms in total. The summed E-state index contributed by atoms with van der Waals surface area (Å²) in [5.74, 6) is 0. The zero-order valence-corrected chi connectivity index (χ0v) is 14.5. The van der Waals surface area contributed by atoms with Gasteiger partial charge in [0.1, 0.15) is 0 Å². The summed E-state index contributed by atoms with van der Waals surface area (Å²) in [6.07, 6.45) is 0. The van der Waals surface area contributed by atoms with Crippen molar-refractivity contribution in [1.29, 1.82) is 0 Å². The third kappa shape index (κ3) is 3.07. The van der Waals surface area contributed by atoms with Gasteiger partial charge in [-0.2, -0.15) is 0 Å². The highest BCUT2D eigenvalue weighted by Crippen LogP contribution is 2.38. The third-order valence-corrected chi connectivity index (χ3v) is 5.94. The van der Waals surface area contributed by atoms with Crippen LogP contribution in [0.4, 0.5) is 0 Å². The van der Waals surface area contributed by atoms with Crippen molar-refractivity contribution in [2.24, 2.45) is 0 Å². The van der Waals surface area contributed by atoms with Crippen LogP contribution in [0.15, 0.2) is 43.7 Å². The maximum atomic E-state index is 6.18. The van der Waals surface area contributed by atoms with E-state index in [1.165, 1.54) is 0 Å². The Bertz CT molecular complexity index is 559. The summed E-state index contributed by atoms with van der Waals surface area (Å²) in [6.45, 7) is 0. The Morgan fingerprint density at radius 1 is 0.824 bits per heavy atom. The summed E-state index contributed by atoms with van der Waals surface area (Å²) < 4.78 is 2.91. The molecule has 0 amide bonds. The highest BCUT2D eigenvalue weighted by molar-refractivity contribution is 9.14. The second-order valence-corrected chi connectivity index (χ2v) is 6.72. The molecule has 0 aromatic heterocycles. The molecule has 2 aromatic rings. The zero-order valence-electron chi connectivity index (χ0n) is 8.28. The lowest BCUT2D eigenvalue weighted by atomic mass is 10.1. The Kier molecular flexibility index (Phi) is 4.59. The molecule has 17 heavy (non-hydrogen) atoms. The van der Waals surface area contributed by atoms with Gasteiger partial charge in [-0.05, 0) is 77.6 Å². The molecule has 2 rings (SSSR count). The smallest absolute Gasteiger partial charge is 0.0499 e. The highest BCUT2D eigenvalue weighted by Gasteiger charge is 2.09. The Labute approximate surface area is 135 Å². The molecule has 0 N–H and O–H groups in total. The topological polar surface area (TPSA) is 0 Å². The van der Waals surface area contributed by atoms with E-state index in [1.807, 2.05) is 24.3 Å². The summed E-state index contributed by atoms with van der Waals surface area (Å²) in [5, 5.41) is 1.27. The van der Waals surface area contributed by atoms with Gasteiger partial charge in [-0.1, -0.05) is 29.3 Å². The van der Waals surface area contributed by atoms with E-state index in [2.05, 4.69) is 47.8 Å². The van der Waals surface area contributed by atoms with Crippen LogP contribution in [-0.2, 0) is 0 Å². The summed E-state index contributed by atoms with van der Waals surface area (Å²) >= 11 is 22.5. The van der Waals surface area contributed by atoms with Gasteiger partial charge in [0.25, 0.3) is 0 Å². The van der Waals surface area contributed by atoms with E-state index in [9.17, 15) is 0 Å². The van der Waals surface area contributed by atoms with Crippen LogP contribution >= 0.6 is 71.0 Å². The first-order valence-electron chi connectivity index (χ1n) is 4.59. The molecular formula is C12H5Br3Cl2. The molecule has 0 fully saturated rings. The summed E-state index contributed by atoms with van der Waals surface area (Å²) in [7, 11) is 0. The normalized spacial score (nSPS) is 10.6. The molecule has 5 heteroatoms. The summed E-state index contributed by atoms with van der Waals surface area (Å²) in [5.41, 5.74) is 1.97. The van der Waals surface area contributed by atoms with Crippen molar-refractivity contribution in [3.05, 3.63) is 53.8 Å². The maximum absolute atomic E-state index is 6.18. The van der Waals surface area contributed by atoms with Gasteiger partial charge in [0, 0.05) is 29.0 Å². The van der Waals surface area contributed by atoms with E-state index < -0.39 is 0 Å². The fourth-order valence-corrected chi connectivity index (χ4v) is 3.37. The van der Waals surface area contributed by atoms with Crippen molar-refractivity contribution in [3.63, 3.8) is 0 Å². The predicted molar refractivity (Wildman–Crippen MR) is 85.0 cm³/mol. The van der Waals surface area contributed by atoms with Crippen LogP contribution in [-0.4, -0.2) is 0 Å². The van der Waals surface area contributed by atoms with Crippen LogP contribution in [0.25, 0.3) is 11.1 Å². The first-order valence-corrected chi connectivity index (χ1v) is 7.72. The monoisotopic (exact) mass is 456 g/mol. The first kappa shape index (κ1) is 13.9. The molecular weight excluding hydrogens is 455 g/mol. The number of rotatable bonds is 1. The maximum Gasteiger partial charge on any atom is 0.0499 e. The molecule has 0 aliphatic carbocycles. The quantitative estimate of drug-likeness (QED) is 0.405.